The Kier molecular flexibility index (Phi) is 5.81. The van der Waals surface area contributed by atoms with Crippen molar-refractivity contribution in [3.63, 3.8) is 0 Å². The zero-order valence-corrected chi connectivity index (χ0v) is 13.6. The highest BCUT2D eigenvalue weighted by atomic mass is 35.5. The lowest BCUT2D eigenvalue weighted by Crippen LogP contribution is -2.26. The summed E-state index contributed by atoms with van der Waals surface area (Å²) < 4.78 is 5.08. The van der Waals surface area contributed by atoms with Crippen LogP contribution in [0.5, 0.6) is 0 Å². The van der Waals surface area contributed by atoms with Crippen molar-refractivity contribution in [3.05, 3.63) is 49.9 Å². The maximum absolute atomic E-state index is 6.31. The van der Waals surface area contributed by atoms with Crippen LogP contribution in [0.3, 0.4) is 0 Å². The van der Waals surface area contributed by atoms with Gasteiger partial charge in [0.2, 0.25) is 0 Å². The van der Waals surface area contributed by atoms with Crippen molar-refractivity contribution in [2.75, 3.05) is 20.3 Å². The van der Waals surface area contributed by atoms with E-state index in [4.69, 9.17) is 27.9 Å². The van der Waals surface area contributed by atoms with Gasteiger partial charge < -0.3 is 10.1 Å². The fourth-order valence-corrected chi connectivity index (χ4v) is 3.40. The summed E-state index contributed by atoms with van der Waals surface area (Å²) in [4.78, 5) is 4.55. The van der Waals surface area contributed by atoms with Gasteiger partial charge in [0.15, 0.2) is 0 Å². The molecule has 20 heavy (non-hydrogen) atoms. The molecule has 108 valence electrons. The van der Waals surface area contributed by atoms with Crippen molar-refractivity contribution in [1.29, 1.82) is 0 Å². The fourth-order valence-electron chi connectivity index (χ4n) is 1.91. The molecule has 0 aliphatic heterocycles. The summed E-state index contributed by atoms with van der Waals surface area (Å²) in [5, 5.41) is 7.65. The number of rotatable bonds is 6. The molecule has 0 radical (unpaired) electrons. The molecule has 0 aliphatic carbocycles. The second-order valence-corrected chi connectivity index (χ2v) is 6.05. The number of hydrogen-bond donors (Lipinski definition) is 1. The number of aromatic nitrogens is 1. The molecule has 0 fully saturated rings. The minimum Gasteiger partial charge on any atom is -0.383 e. The van der Waals surface area contributed by atoms with Gasteiger partial charge in [-0.05, 0) is 19.1 Å². The maximum Gasteiger partial charge on any atom is 0.114 e. The van der Waals surface area contributed by atoms with Gasteiger partial charge in [-0.15, -0.1) is 11.3 Å². The summed E-state index contributed by atoms with van der Waals surface area (Å²) in [7, 11) is 1.67. The van der Waals surface area contributed by atoms with Gasteiger partial charge in [-0.3, -0.25) is 0 Å². The van der Waals surface area contributed by atoms with E-state index < -0.39 is 0 Å². The van der Waals surface area contributed by atoms with Crippen molar-refractivity contribution >= 4 is 34.5 Å². The number of nitrogens with zero attached hydrogens (tertiary/aromatic N) is 1. The Labute approximate surface area is 132 Å². The number of methoxy groups -OCH3 is 1. The first-order chi connectivity index (χ1) is 9.63. The SMILES string of the molecule is COCCNC(c1nc(C)cs1)c1c(Cl)cccc1Cl. The van der Waals surface area contributed by atoms with E-state index in [1.807, 2.05) is 30.5 Å². The molecule has 0 bridgehead atoms. The van der Waals surface area contributed by atoms with Gasteiger partial charge in [-0.25, -0.2) is 4.98 Å². The molecule has 0 spiro atoms. The average Bonchev–Trinajstić information content (AvgIpc) is 2.83. The first-order valence-electron chi connectivity index (χ1n) is 6.21. The summed E-state index contributed by atoms with van der Waals surface area (Å²) in [6.45, 7) is 3.28. The molecule has 1 N–H and O–H groups in total. The molecule has 1 heterocycles. The lowest BCUT2D eigenvalue weighted by Gasteiger charge is -2.19. The molecule has 3 nitrogen and oxygen atoms in total. The van der Waals surface area contributed by atoms with Crippen LogP contribution in [-0.2, 0) is 4.74 Å². The first-order valence-corrected chi connectivity index (χ1v) is 7.85. The highest BCUT2D eigenvalue weighted by Gasteiger charge is 2.22. The van der Waals surface area contributed by atoms with Crippen LogP contribution in [0, 0.1) is 6.92 Å². The number of benzene rings is 1. The summed E-state index contributed by atoms with van der Waals surface area (Å²) in [5.41, 5.74) is 1.85. The average molecular weight is 331 g/mol. The Morgan fingerprint density at radius 3 is 2.60 bits per heavy atom. The third-order valence-electron chi connectivity index (χ3n) is 2.83. The van der Waals surface area contributed by atoms with Crippen molar-refractivity contribution < 1.29 is 4.74 Å². The largest absolute Gasteiger partial charge is 0.383 e. The number of ether oxygens (including phenoxy) is 1. The van der Waals surface area contributed by atoms with E-state index >= 15 is 0 Å². The van der Waals surface area contributed by atoms with Crippen molar-refractivity contribution in [1.82, 2.24) is 10.3 Å². The van der Waals surface area contributed by atoms with Gasteiger partial charge >= 0.3 is 0 Å². The normalized spacial score (nSPS) is 12.6. The van der Waals surface area contributed by atoms with Gasteiger partial charge in [0.25, 0.3) is 0 Å². The Morgan fingerprint density at radius 2 is 2.05 bits per heavy atom. The molecule has 6 heteroatoms. The molecule has 0 saturated heterocycles. The Morgan fingerprint density at radius 1 is 1.35 bits per heavy atom. The van der Waals surface area contributed by atoms with Crippen LogP contribution >= 0.6 is 34.5 Å². The van der Waals surface area contributed by atoms with Crippen LogP contribution in [0.15, 0.2) is 23.6 Å². The number of thiazole rings is 1. The minimum atomic E-state index is -0.120. The third-order valence-corrected chi connectivity index (χ3v) is 4.51. The van der Waals surface area contributed by atoms with E-state index in [2.05, 4.69) is 10.3 Å². The van der Waals surface area contributed by atoms with E-state index in [1.165, 1.54) is 0 Å². The minimum absolute atomic E-state index is 0.120. The molecule has 1 unspecified atom stereocenters. The molecule has 2 rings (SSSR count). The van der Waals surface area contributed by atoms with Crippen LogP contribution in [0.25, 0.3) is 0 Å². The van der Waals surface area contributed by atoms with Crippen molar-refractivity contribution in [2.45, 2.75) is 13.0 Å². The number of aryl methyl sites for hydroxylation is 1. The van der Waals surface area contributed by atoms with Crippen LogP contribution in [0.4, 0.5) is 0 Å². The third kappa shape index (κ3) is 3.71. The topological polar surface area (TPSA) is 34.1 Å². The Balaban J connectivity index is 2.35. The molecule has 1 aromatic carbocycles. The monoisotopic (exact) mass is 330 g/mol. The number of nitrogens with one attached hydrogen (secondary N) is 1. The van der Waals surface area contributed by atoms with Gasteiger partial charge in [-0.1, -0.05) is 29.3 Å². The van der Waals surface area contributed by atoms with Crippen LogP contribution < -0.4 is 5.32 Å². The van der Waals surface area contributed by atoms with E-state index in [9.17, 15) is 0 Å². The molecule has 0 amide bonds. The van der Waals surface area contributed by atoms with E-state index in [-0.39, 0.29) is 6.04 Å². The van der Waals surface area contributed by atoms with Crippen LogP contribution in [0.1, 0.15) is 22.3 Å². The summed E-state index contributed by atoms with van der Waals surface area (Å²) in [6, 6.07) is 5.40. The van der Waals surface area contributed by atoms with Crippen LogP contribution in [0.2, 0.25) is 10.0 Å². The quantitative estimate of drug-likeness (QED) is 0.810. The Bertz CT molecular complexity index is 554. The van der Waals surface area contributed by atoms with Crippen LogP contribution in [-0.4, -0.2) is 25.2 Å². The standard InChI is InChI=1S/C14H16Cl2N2OS/c1-9-8-20-14(18-9)13(17-6-7-19-2)12-10(15)4-3-5-11(12)16/h3-5,8,13,17H,6-7H2,1-2H3. The van der Waals surface area contributed by atoms with E-state index in [1.54, 1.807) is 18.4 Å². The lowest BCUT2D eigenvalue weighted by atomic mass is 10.1. The maximum atomic E-state index is 6.31. The van der Waals surface area contributed by atoms with Crippen molar-refractivity contribution in [3.8, 4) is 0 Å². The predicted octanol–water partition coefficient (Wildman–Crippen LogP) is 4.08. The molecular formula is C14H16Cl2N2OS. The van der Waals surface area contributed by atoms with E-state index in [0.29, 0.717) is 23.2 Å². The molecule has 0 aliphatic rings. The zero-order chi connectivity index (χ0) is 14.5. The summed E-state index contributed by atoms with van der Waals surface area (Å²) in [5.74, 6) is 0. The highest BCUT2D eigenvalue weighted by Crippen LogP contribution is 2.35. The highest BCUT2D eigenvalue weighted by molar-refractivity contribution is 7.09. The number of hydrogen-bond acceptors (Lipinski definition) is 4. The van der Waals surface area contributed by atoms with Gasteiger partial charge in [0.1, 0.15) is 5.01 Å². The molecule has 1 aromatic heterocycles. The van der Waals surface area contributed by atoms with Gasteiger partial charge in [0.05, 0.1) is 12.6 Å². The molecule has 1 atom stereocenters. The predicted molar refractivity (Wildman–Crippen MR) is 85.0 cm³/mol. The van der Waals surface area contributed by atoms with Gasteiger partial charge in [0, 0.05) is 40.3 Å². The van der Waals surface area contributed by atoms with E-state index in [0.717, 1.165) is 16.3 Å². The molecular weight excluding hydrogens is 315 g/mol. The summed E-state index contributed by atoms with van der Waals surface area (Å²) in [6.07, 6.45) is 0. The smallest absolute Gasteiger partial charge is 0.114 e. The lowest BCUT2D eigenvalue weighted by molar-refractivity contribution is 0.197. The first kappa shape index (κ1) is 15.7. The molecule has 2 aromatic rings. The second-order valence-electron chi connectivity index (χ2n) is 4.34. The molecule has 0 saturated carbocycles. The number of halogens is 2. The zero-order valence-electron chi connectivity index (χ0n) is 11.3. The summed E-state index contributed by atoms with van der Waals surface area (Å²) >= 11 is 14.2. The Hall–Kier alpha value is -0.650. The van der Waals surface area contributed by atoms with Gasteiger partial charge in [-0.2, -0.15) is 0 Å². The second kappa shape index (κ2) is 7.38. The van der Waals surface area contributed by atoms with Crippen molar-refractivity contribution in [2.24, 2.45) is 0 Å². The fraction of sp³-hybridized carbons (Fsp3) is 0.357.